The first-order valence-corrected chi connectivity index (χ1v) is 13.2. The van der Waals surface area contributed by atoms with Crippen LogP contribution in [0.25, 0.3) is 0 Å². The van der Waals surface area contributed by atoms with Gasteiger partial charge in [0.1, 0.15) is 11.5 Å². The van der Waals surface area contributed by atoms with Crippen molar-refractivity contribution in [3.8, 4) is 11.5 Å². The third-order valence-electron chi connectivity index (χ3n) is 6.12. The van der Waals surface area contributed by atoms with E-state index in [1.54, 1.807) is 0 Å². The van der Waals surface area contributed by atoms with Crippen LogP contribution in [0.3, 0.4) is 0 Å². The maximum absolute atomic E-state index is 10.5. The number of rotatable bonds is 20. The topological polar surface area (TPSA) is 29.5 Å². The Morgan fingerprint density at radius 1 is 0.567 bits per heavy atom. The van der Waals surface area contributed by atoms with Crippen LogP contribution in [-0.4, -0.2) is 11.7 Å². The summed E-state index contributed by atoms with van der Waals surface area (Å²) in [6.45, 7) is 7.54. The number of ether oxygens (including phenoxy) is 1. The summed E-state index contributed by atoms with van der Waals surface area (Å²) in [4.78, 5) is 0. The zero-order chi connectivity index (χ0) is 21.9. The van der Waals surface area contributed by atoms with Crippen LogP contribution in [0, 0.1) is 0 Å². The molecule has 1 N–H and O–H groups in total. The highest BCUT2D eigenvalue weighted by Gasteiger charge is 2.11. The average molecular weight is 419 g/mol. The predicted molar refractivity (Wildman–Crippen MR) is 132 cm³/mol. The fraction of sp³-hybridized carbons (Fsp3) is 0.786. The van der Waals surface area contributed by atoms with Crippen LogP contribution in [-0.2, 0) is 12.8 Å². The maximum Gasteiger partial charge on any atom is 0.126 e. The fourth-order valence-electron chi connectivity index (χ4n) is 4.10. The summed E-state index contributed by atoms with van der Waals surface area (Å²) < 4.78 is 6.16. The molecule has 0 heterocycles. The van der Waals surface area contributed by atoms with E-state index in [-0.39, 0.29) is 0 Å². The van der Waals surface area contributed by atoms with Crippen LogP contribution in [0.2, 0.25) is 0 Å². The molecule has 0 aliphatic carbocycles. The molecular weight excluding hydrogens is 368 g/mol. The van der Waals surface area contributed by atoms with Crippen molar-refractivity contribution in [1.82, 2.24) is 0 Å². The van der Waals surface area contributed by atoms with E-state index >= 15 is 0 Å². The molecule has 0 saturated heterocycles. The third kappa shape index (κ3) is 12.5. The summed E-state index contributed by atoms with van der Waals surface area (Å²) >= 11 is 0. The zero-order valence-corrected chi connectivity index (χ0v) is 20.4. The Labute approximate surface area is 187 Å². The summed E-state index contributed by atoms with van der Waals surface area (Å²) in [5.74, 6) is 1.35. The Bertz CT molecular complexity index is 524. The molecule has 1 aromatic rings. The molecule has 0 saturated carbocycles. The highest BCUT2D eigenvalue weighted by atomic mass is 16.5. The summed E-state index contributed by atoms with van der Waals surface area (Å²) in [5, 5.41) is 10.5. The molecule has 2 heteroatoms. The van der Waals surface area contributed by atoms with E-state index in [0.717, 1.165) is 43.6 Å². The molecule has 30 heavy (non-hydrogen) atoms. The minimum absolute atomic E-state index is 0.426. The molecule has 0 aliphatic rings. The summed E-state index contributed by atoms with van der Waals surface area (Å²) in [7, 11) is 0. The van der Waals surface area contributed by atoms with E-state index in [9.17, 15) is 5.11 Å². The van der Waals surface area contributed by atoms with Crippen molar-refractivity contribution in [1.29, 1.82) is 0 Å². The van der Waals surface area contributed by atoms with E-state index in [2.05, 4.69) is 26.8 Å². The van der Waals surface area contributed by atoms with Crippen molar-refractivity contribution >= 4 is 0 Å². The predicted octanol–water partition coefficient (Wildman–Crippen LogP) is 9.16. The molecule has 0 aromatic heterocycles. The first-order chi connectivity index (χ1) is 14.7. The molecule has 0 fully saturated rings. The lowest BCUT2D eigenvalue weighted by Gasteiger charge is -2.15. The Hall–Kier alpha value is -1.18. The van der Waals surface area contributed by atoms with Gasteiger partial charge >= 0.3 is 0 Å². The number of aromatic hydroxyl groups is 1. The number of phenolic OH excluding ortho intramolecular Hbond substituents is 1. The molecule has 174 valence electrons. The monoisotopic (exact) mass is 418 g/mol. The van der Waals surface area contributed by atoms with Gasteiger partial charge in [0.2, 0.25) is 0 Å². The molecule has 0 spiro atoms. The van der Waals surface area contributed by atoms with Crippen molar-refractivity contribution in [3.05, 3.63) is 23.3 Å². The second kappa shape index (κ2) is 18.6. The Balaban J connectivity index is 2.51. The fourth-order valence-corrected chi connectivity index (χ4v) is 4.10. The Morgan fingerprint density at radius 3 is 1.60 bits per heavy atom. The molecule has 1 rings (SSSR count). The molecule has 2 nitrogen and oxygen atoms in total. The van der Waals surface area contributed by atoms with Gasteiger partial charge < -0.3 is 9.84 Å². The van der Waals surface area contributed by atoms with Gasteiger partial charge in [0, 0.05) is 6.07 Å². The number of phenols is 1. The van der Waals surface area contributed by atoms with Crippen molar-refractivity contribution < 1.29 is 9.84 Å². The van der Waals surface area contributed by atoms with Gasteiger partial charge in [-0.05, 0) is 49.3 Å². The largest absolute Gasteiger partial charge is 0.508 e. The lowest BCUT2D eigenvalue weighted by molar-refractivity contribution is 0.299. The smallest absolute Gasteiger partial charge is 0.126 e. The Kier molecular flexibility index (Phi) is 16.6. The van der Waals surface area contributed by atoms with Gasteiger partial charge in [-0.3, -0.25) is 0 Å². The molecule has 1 aromatic carbocycles. The van der Waals surface area contributed by atoms with Gasteiger partial charge in [-0.25, -0.2) is 0 Å². The highest BCUT2D eigenvalue weighted by molar-refractivity contribution is 5.46. The number of unbranched alkanes of at least 4 members (excludes halogenated alkanes) is 13. The molecule has 0 aliphatic heterocycles. The van der Waals surface area contributed by atoms with E-state index in [0.29, 0.717) is 5.75 Å². The molecular formula is C28H50O2. The van der Waals surface area contributed by atoms with Crippen LogP contribution < -0.4 is 4.74 Å². The van der Waals surface area contributed by atoms with E-state index < -0.39 is 0 Å². The molecule has 0 amide bonds. The van der Waals surface area contributed by atoms with Crippen molar-refractivity contribution in [2.75, 3.05) is 6.61 Å². The number of benzene rings is 1. The molecule has 0 atom stereocenters. The summed E-state index contributed by atoms with van der Waals surface area (Å²) in [6.07, 6.45) is 22.5. The highest BCUT2D eigenvalue weighted by Crippen LogP contribution is 2.31. The van der Waals surface area contributed by atoms with Crippen molar-refractivity contribution in [3.63, 3.8) is 0 Å². The lowest BCUT2D eigenvalue weighted by atomic mass is 9.98. The van der Waals surface area contributed by atoms with Gasteiger partial charge in [-0.1, -0.05) is 104 Å². The van der Waals surface area contributed by atoms with Gasteiger partial charge in [0.15, 0.2) is 0 Å². The van der Waals surface area contributed by atoms with E-state index in [1.807, 2.05) is 6.07 Å². The summed E-state index contributed by atoms with van der Waals surface area (Å²) in [5.41, 5.74) is 2.41. The average Bonchev–Trinajstić information content (AvgIpc) is 2.75. The number of hydrogen-bond donors (Lipinski definition) is 1. The van der Waals surface area contributed by atoms with Crippen LogP contribution >= 0.6 is 0 Å². The summed E-state index contributed by atoms with van der Waals surface area (Å²) in [6, 6.07) is 4.13. The minimum atomic E-state index is 0.426. The van der Waals surface area contributed by atoms with E-state index in [4.69, 9.17) is 4.74 Å². The lowest BCUT2D eigenvalue weighted by Crippen LogP contribution is -2.02. The van der Waals surface area contributed by atoms with Gasteiger partial charge in [0.05, 0.1) is 6.61 Å². The molecule has 0 unspecified atom stereocenters. The second-order valence-corrected chi connectivity index (χ2v) is 9.03. The van der Waals surface area contributed by atoms with Crippen LogP contribution in [0.5, 0.6) is 11.5 Å². The van der Waals surface area contributed by atoms with Crippen LogP contribution in [0.15, 0.2) is 12.1 Å². The minimum Gasteiger partial charge on any atom is -0.508 e. The first kappa shape index (κ1) is 26.9. The van der Waals surface area contributed by atoms with Gasteiger partial charge in [-0.15, -0.1) is 0 Å². The van der Waals surface area contributed by atoms with Crippen molar-refractivity contribution in [2.45, 2.75) is 136 Å². The quantitative estimate of drug-likeness (QED) is 0.214. The standard InChI is InChI=1S/C28H50O2/c1-4-7-10-13-14-15-16-19-22-30-28-24-27(29)25(20-17-11-8-5-2)23-26(28)21-18-12-9-6-3/h23-24,29H,4-22H2,1-3H3. The zero-order valence-electron chi connectivity index (χ0n) is 20.4. The van der Waals surface area contributed by atoms with Crippen LogP contribution in [0.4, 0.5) is 0 Å². The first-order valence-electron chi connectivity index (χ1n) is 13.2. The third-order valence-corrected chi connectivity index (χ3v) is 6.12. The normalized spacial score (nSPS) is 11.2. The van der Waals surface area contributed by atoms with Crippen molar-refractivity contribution in [2.24, 2.45) is 0 Å². The SMILES string of the molecule is CCCCCCCCCCOc1cc(O)c(CCCCCC)cc1CCCCCC. The molecule has 0 bridgehead atoms. The number of hydrogen-bond acceptors (Lipinski definition) is 2. The maximum atomic E-state index is 10.5. The second-order valence-electron chi connectivity index (χ2n) is 9.03. The Morgan fingerprint density at radius 2 is 1.03 bits per heavy atom. The van der Waals surface area contributed by atoms with E-state index in [1.165, 1.54) is 95.5 Å². The number of aryl methyl sites for hydroxylation is 2. The molecule has 0 radical (unpaired) electrons. The van der Waals surface area contributed by atoms with Crippen LogP contribution in [0.1, 0.15) is 135 Å². The van der Waals surface area contributed by atoms with Gasteiger partial charge in [-0.2, -0.15) is 0 Å². The van der Waals surface area contributed by atoms with Gasteiger partial charge in [0.25, 0.3) is 0 Å².